The molecule has 3 rings (SSSR count). The molecule has 2 aromatic rings. The predicted molar refractivity (Wildman–Crippen MR) is 91.9 cm³/mol. The Morgan fingerprint density at radius 3 is 2.44 bits per heavy atom. The van der Waals surface area contributed by atoms with Gasteiger partial charge in [0.15, 0.2) is 0 Å². The minimum absolute atomic E-state index is 0.111. The number of hydrogen-bond acceptors (Lipinski definition) is 3. The van der Waals surface area contributed by atoms with E-state index in [1.165, 1.54) is 12.1 Å². The molecule has 5 nitrogen and oxygen atoms in total. The molecule has 0 aliphatic carbocycles. The summed E-state index contributed by atoms with van der Waals surface area (Å²) in [6, 6.07) is 12.7. The fraction of sp³-hybridized carbons (Fsp3) is 0.263. The zero-order chi connectivity index (χ0) is 17.6. The van der Waals surface area contributed by atoms with Gasteiger partial charge in [-0.3, -0.25) is 9.59 Å². The van der Waals surface area contributed by atoms with Gasteiger partial charge in [-0.2, -0.15) is 0 Å². The molecule has 0 bridgehead atoms. The van der Waals surface area contributed by atoms with Crippen LogP contribution in [0.1, 0.15) is 15.9 Å². The summed E-state index contributed by atoms with van der Waals surface area (Å²) in [7, 11) is 0. The summed E-state index contributed by atoms with van der Waals surface area (Å²) in [6.45, 7) is 2.11. The lowest BCUT2D eigenvalue weighted by Gasteiger charge is -2.27. The number of halogens is 1. The van der Waals surface area contributed by atoms with Gasteiger partial charge < -0.3 is 15.0 Å². The van der Waals surface area contributed by atoms with Crippen molar-refractivity contribution in [2.75, 3.05) is 31.6 Å². The number of benzene rings is 2. The normalized spacial score (nSPS) is 14.2. The van der Waals surface area contributed by atoms with Gasteiger partial charge in [0.1, 0.15) is 5.82 Å². The largest absolute Gasteiger partial charge is 0.378 e. The van der Waals surface area contributed by atoms with Crippen LogP contribution in [0.4, 0.5) is 10.1 Å². The van der Waals surface area contributed by atoms with Gasteiger partial charge in [-0.1, -0.05) is 24.3 Å². The molecule has 1 N–H and O–H groups in total. The van der Waals surface area contributed by atoms with Crippen LogP contribution >= 0.6 is 0 Å². The Labute approximate surface area is 145 Å². The van der Waals surface area contributed by atoms with Crippen LogP contribution < -0.4 is 5.32 Å². The van der Waals surface area contributed by atoms with E-state index >= 15 is 0 Å². The van der Waals surface area contributed by atoms with Crippen LogP contribution in [0.3, 0.4) is 0 Å². The van der Waals surface area contributed by atoms with E-state index in [2.05, 4.69) is 5.32 Å². The van der Waals surface area contributed by atoms with E-state index in [0.717, 1.165) is 0 Å². The molecule has 0 atom stereocenters. The third-order valence-electron chi connectivity index (χ3n) is 4.01. The number of anilines is 1. The smallest absolute Gasteiger partial charge is 0.256 e. The molecular formula is C19H19FN2O3. The lowest BCUT2D eigenvalue weighted by Crippen LogP contribution is -2.41. The number of nitrogens with one attached hydrogen (secondary N) is 1. The monoisotopic (exact) mass is 342 g/mol. The number of morpholine rings is 1. The lowest BCUT2D eigenvalue weighted by atomic mass is 10.1. The van der Waals surface area contributed by atoms with Crippen LogP contribution in [0.25, 0.3) is 0 Å². The third kappa shape index (κ3) is 4.42. The average molecular weight is 342 g/mol. The summed E-state index contributed by atoms with van der Waals surface area (Å²) < 4.78 is 18.2. The molecule has 1 saturated heterocycles. The first kappa shape index (κ1) is 17.1. The van der Waals surface area contributed by atoms with Crippen LogP contribution in [-0.2, 0) is 16.0 Å². The molecule has 2 amide bonds. The Kier molecular flexibility index (Phi) is 5.40. The van der Waals surface area contributed by atoms with Crippen molar-refractivity contribution in [1.82, 2.24) is 4.90 Å². The molecule has 0 radical (unpaired) electrons. The van der Waals surface area contributed by atoms with Gasteiger partial charge in [0.05, 0.1) is 30.9 Å². The first-order valence-corrected chi connectivity index (χ1v) is 8.14. The van der Waals surface area contributed by atoms with E-state index in [9.17, 15) is 14.0 Å². The van der Waals surface area contributed by atoms with Gasteiger partial charge in [-0.05, 0) is 29.8 Å². The quantitative estimate of drug-likeness (QED) is 0.929. The minimum atomic E-state index is -0.342. The van der Waals surface area contributed by atoms with Crippen LogP contribution in [0.15, 0.2) is 48.5 Å². The summed E-state index contributed by atoms with van der Waals surface area (Å²) in [6.07, 6.45) is 0.111. The summed E-state index contributed by atoms with van der Waals surface area (Å²) in [4.78, 5) is 26.7. The van der Waals surface area contributed by atoms with Crippen molar-refractivity contribution in [2.24, 2.45) is 0 Å². The minimum Gasteiger partial charge on any atom is -0.378 e. The fourth-order valence-corrected chi connectivity index (χ4v) is 2.70. The van der Waals surface area contributed by atoms with Crippen molar-refractivity contribution in [3.63, 3.8) is 0 Å². The highest BCUT2D eigenvalue weighted by Crippen LogP contribution is 2.18. The summed E-state index contributed by atoms with van der Waals surface area (Å²) in [5, 5.41) is 2.78. The van der Waals surface area contributed by atoms with Crippen LogP contribution in [0.2, 0.25) is 0 Å². The number of rotatable bonds is 4. The molecule has 1 aliphatic heterocycles. The summed E-state index contributed by atoms with van der Waals surface area (Å²) in [5.74, 6) is -0.722. The van der Waals surface area contributed by atoms with Gasteiger partial charge in [-0.15, -0.1) is 0 Å². The molecule has 0 unspecified atom stereocenters. The Morgan fingerprint density at radius 1 is 1.04 bits per heavy atom. The Morgan fingerprint density at radius 2 is 1.72 bits per heavy atom. The molecule has 130 valence electrons. The molecule has 0 spiro atoms. The Balaban J connectivity index is 1.70. The molecule has 1 heterocycles. The molecule has 0 saturated carbocycles. The van der Waals surface area contributed by atoms with E-state index in [1.807, 2.05) is 0 Å². The second-order valence-electron chi connectivity index (χ2n) is 5.80. The zero-order valence-corrected chi connectivity index (χ0v) is 13.7. The first-order chi connectivity index (χ1) is 12.1. The van der Waals surface area contributed by atoms with Gasteiger partial charge in [-0.25, -0.2) is 4.39 Å². The highest BCUT2D eigenvalue weighted by atomic mass is 19.1. The highest BCUT2D eigenvalue weighted by Gasteiger charge is 2.21. The average Bonchev–Trinajstić information content (AvgIpc) is 2.64. The summed E-state index contributed by atoms with van der Waals surface area (Å²) in [5.41, 5.74) is 1.64. The zero-order valence-electron chi connectivity index (χ0n) is 13.7. The number of para-hydroxylation sites is 1. The van der Waals surface area contributed by atoms with Crippen molar-refractivity contribution in [3.8, 4) is 0 Å². The standard InChI is InChI=1S/C19H19FN2O3/c20-15-7-5-14(6-8-15)13-18(23)21-17-4-2-1-3-16(17)19(24)22-9-11-25-12-10-22/h1-8H,9-13H2,(H,21,23). The van der Waals surface area contributed by atoms with E-state index in [0.29, 0.717) is 43.1 Å². The van der Waals surface area contributed by atoms with Gasteiger partial charge in [0, 0.05) is 13.1 Å². The number of carbonyl (C=O) groups excluding carboxylic acids is 2. The maximum atomic E-state index is 12.9. The van der Waals surface area contributed by atoms with Gasteiger partial charge >= 0.3 is 0 Å². The Hall–Kier alpha value is -2.73. The van der Waals surface area contributed by atoms with Crippen LogP contribution in [-0.4, -0.2) is 43.0 Å². The predicted octanol–water partition coefficient (Wildman–Crippen LogP) is 2.48. The van der Waals surface area contributed by atoms with E-state index in [1.54, 1.807) is 41.3 Å². The number of carbonyl (C=O) groups is 2. The van der Waals surface area contributed by atoms with Crippen LogP contribution in [0.5, 0.6) is 0 Å². The van der Waals surface area contributed by atoms with E-state index in [4.69, 9.17) is 4.74 Å². The lowest BCUT2D eigenvalue weighted by molar-refractivity contribution is -0.115. The molecule has 0 aromatic heterocycles. The van der Waals surface area contributed by atoms with E-state index in [-0.39, 0.29) is 24.1 Å². The molecule has 1 fully saturated rings. The topological polar surface area (TPSA) is 58.6 Å². The van der Waals surface area contributed by atoms with Crippen molar-refractivity contribution in [2.45, 2.75) is 6.42 Å². The summed E-state index contributed by atoms with van der Waals surface area (Å²) >= 11 is 0. The number of nitrogens with zero attached hydrogens (tertiary/aromatic N) is 1. The van der Waals surface area contributed by atoms with Crippen molar-refractivity contribution >= 4 is 17.5 Å². The van der Waals surface area contributed by atoms with E-state index < -0.39 is 0 Å². The van der Waals surface area contributed by atoms with Gasteiger partial charge in [0.2, 0.25) is 5.91 Å². The highest BCUT2D eigenvalue weighted by molar-refractivity contribution is 6.04. The second-order valence-corrected chi connectivity index (χ2v) is 5.80. The molecule has 6 heteroatoms. The maximum absolute atomic E-state index is 12.9. The molecular weight excluding hydrogens is 323 g/mol. The maximum Gasteiger partial charge on any atom is 0.256 e. The van der Waals surface area contributed by atoms with Gasteiger partial charge in [0.25, 0.3) is 5.91 Å². The SMILES string of the molecule is O=C(Cc1ccc(F)cc1)Nc1ccccc1C(=O)N1CCOCC1. The second kappa shape index (κ2) is 7.90. The van der Waals surface area contributed by atoms with Crippen LogP contribution in [0, 0.1) is 5.82 Å². The fourth-order valence-electron chi connectivity index (χ4n) is 2.70. The molecule has 2 aromatic carbocycles. The number of hydrogen-bond donors (Lipinski definition) is 1. The van der Waals surface area contributed by atoms with Crippen molar-refractivity contribution in [3.05, 3.63) is 65.5 Å². The first-order valence-electron chi connectivity index (χ1n) is 8.14. The number of amides is 2. The number of ether oxygens (including phenoxy) is 1. The van der Waals surface area contributed by atoms with Crippen molar-refractivity contribution in [1.29, 1.82) is 0 Å². The molecule has 25 heavy (non-hydrogen) atoms. The molecule has 1 aliphatic rings. The third-order valence-corrected chi connectivity index (χ3v) is 4.01. The Bertz CT molecular complexity index is 756. The van der Waals surface area contributed by atoms with Crippen molar-refractivity contribution < 1.29 is 18.7 Å².